The van der Waals surface area contributed by atoms with Gasteiger partial charge < -0.3 is 10.2 Å². The first-order valence-electron chi connectivity index (χ1n) is 6.03. The maximum absolute atomic E-state index is 11.4. The van der Waals surface area contributed by atoms with Crippen molar-refractivity contribution in [3.8, 4) is 0 Å². The highest BCUT2D eigenvalue weighted by molar-refractivity contribution is 7.90. The molecule has 0 aliphatic carbocycles. The Morgan fingerprint density at radius 1 is 1.28 bits per heavy atom. The van der Waals surface area contributed by atoms with E-state index in [9.17, 15) is 8.42 Å². The third-order valence-electron chi connectivity index (χ3n) is 3.03. The molecule has 2 heterocycles. The van der Waals surface area contributed by atoms with Gasteiger partial charge in [0.25, 0.3) is 0 Å². The summed E-state index contributed by atoms with van der Waals surface area (Å²) < 4.78 is 22.7. The molecule has 2 rings (SSSR count). The van der Waals surface area contributed by atoms with Gasteiger partial charge in [0.15, 0.2) is 9.84 Å². The molecule has 0 spiro atoms. The molecule has 1 aromatic heterocycles. The van der Waals surface area contributed by atoms with Crippen molar-refractivity contribution in [2.45, 2.75) is 30.8 Å². The quantitative estimate of drug-likeness (QED) is 0.855. The van der Waals surface area contributed by atoms with Gasteiger partial charge in [-0.25, -0.2) is 13.4 Å². The summed E-state index contributed by atoms with van der Waals surface area (Å²) in [6.45, 7) is 6.03. The van der Waals surface area contributed by atoms with Crippen LogP contribution in [-0.2, 0) is 9.84 Å². The van der Waals surface area contributed by atoms with Gasteiger partial charge in [-0.05, 0) is 26.0 Å². The molecule has 0 aromatic carbocycles. The van der Waals surface area contributed by atoms with E-state index in [4.69, 9.17) is 0 Å². The van der Waals surface area contributed by atoms with E-state index in [2.05, 4.69) is 29.0 Å². The lowest BCUT2D eigenvalue weighted by atomic mass is 10.1. The Bertz CT molecular complexity index is 503. The molecule has 2 atom stereocenters. The summed E-state index contributed by atoms with van der Waals surface area (Å²) >= 11 is 0. The summed E-state index contributed by atoms with van der Waals surface area (Å²) in [5.74, 6) is 0.836. The van der Waals surface area contributed by atoms with Crippen molar-refractivity contribution in [1.29, 1.82) is 0 Å². The average Bonchev–Trinajstić information content (AvgIpc) is 2.27. The normalized spacial score (nSPS) is 25.2. The number of hydrogen-bond acceptors (Lipinski definition) is 5. The molecule has 0 saturated carbocycles. The first-order valence-corrected chi connectivity index (χ1v) is 7.92. The molecule has 6 heteroatoms. The SMILES string of the molecule is C[C@@H]1CN(c2ccc(S(C)(=O)=O)cn2)C[C@H](C)N1. The molecule has 1 aliphatic rings. The molecule has 1 saturated heterocycles. The summed E-state index contributed by atoms with van der Waals surface area (Å²) in [5, 5.41) is 3.45. The molecule has 0 unspecified atom stereocenters. The minimum atomic E-state index is -3.17. The average molecular weight is 269 g/mol. The second-order valence-electron chi connectivity index (χ2n) is 5.00. The van der Waals surface area contributed by atoms with E-state index in [1.807, 2.05) is 0 Å². The van der Waals surface area contributed by atoms with Crippen molar-refractivity contribution < 1.29 is 8.42 Å². The fourth-order valence-electron chi connectivity index (χ4n) is 2.29. The maximum atomic E-state index is 11.4. The third-order valence-corrected chi connectivity index (χ3v) is 4.13. The lowest BCUT2D eigenvalue weighted by Crippen LogP contribution is -2.54. The Hall–Kier alpha value is -1.14. The van der Waals surface area contributed by atoms with Gasteiger partial charge in [0.2, 0.25) is 0 Å². The van der Waals surface area contributed by atoms with Gasteiger partial charge in [-0.1, -0.05) is 0 Å². The van der Waals surface area contributed by atoms with Crippen LogP contribution in [0.3, 0.4) is 0 Å². The van der Waals surface area contributed by atoms with Crippen LogP contribution in [0.4, 0.5) is 5.82 Å². The van der Waals surface area contributed by atoms with E-state index < -0.39 is 9.84 Å². The molecule has 1 aromatic rings. The molecule has 18 heavy (non-hydrogen) atoms. The lowest BCUT2D eigenvalue weighted by Gasteiger charge is -2.36. The van der Waals surface area contributed by atoms with E-state index in [1.165, 1.54) is 12.5 Å². The van der Waals surface area contributed by atoms with E-state index in [0.717, 1.165) is 18.9 Å². The van der Waals surface area contributed by atoms with Crippen molar-refractivity contribution in [3.05, 3.63) is 18.3 Å². The largest absolute Gasteiger partial charge is 0.354 e. The number of nitrogens with one attached hydrogen (secondary N) is 1. The van der Waals surface area contributed by atoms with Crippen LogP contribution in [-0.4, -0.2) is 44.8 Å². The molecule has 1 N–H and O–H groups in total. The van der Waals surface area contributed by atoms with E-state index in [-0.39, 0.29) is 4.90 Å². The summed E-state index contributed by atoms with van der Waals surface area (Å²) in [6, 6.07) is 4.21. The zero-order valence-corrected chi connectivity index (χ0v) is 11.7. The molecule has 0 radical (unpaired) electrons. The van der Waals surface area contributed by atoms with Gasteiger partial charge in [-0.15, -0.1) is 0 Å². The van der Waals surface area contributed by atoms with Crippen LogP contribution in [0.1, 0.15) is 13.8 Å². The number of hydrogen-bond donors (Lipinski definition) is 1. The van der Waals surface area contributed by atoms with Crippen LogP contribution in [0.15, 0.2) is 23.2 Å². The second-order valence-corrected chi connectivity index (χ2v) is 7.01. The molecule has 0 bridgehead atoms. The van der Waals surface area contributed by atoms with Gasteiger partial charge >= 0.3 is 0 Å². The van der Waals surface area contributed by atoms with Crippen LogP contribution in [0.25, 0.3) is 0 Å². The molecule has 100 valence electrons. The molecule has 1 aliphatic heterocycles. The Morgan fingerprint density at radius 3 is 2.33 bits per heavy atom. The van der Waals surface area contributed by atoms with Gasteiger partial charge in [-0.3, -0.25) is 0 Å². The smallest absolute Gasteiger partial charge is 0.177 e. The summed E-state index contributed by atoms with van der Waals surface area (Å²) in [4.78, 5) is 6.70. The van der Waals surface area contributed by atoms with Gasteiger partial charge in [0.05, 0.1) is 4.90 Å². The fraction of sp³-hybridized carbons (Fsp3) is 0.583. The fourth-order valence-corrected chi connectivity index (χ4v) is 2.85. The molecule has 1 fully saturated rings. The van der Waals surface area contributed by atoms with Gasteiger partial charge in [-0.2, -0.15) is 0 Å². The number of rotatable bonds is 2. The predicted molar refractivity (Wildman–Crippen MR) is 71.6 cm³/mol. The zero-order chi connectivity index (χ0) is 13.3. The number of aromatic nitrogens is 1. The Labute approximate surface area is 108 Å². The van der Waals surface area contributed by atoms with Crippen molar-refractivity contribution in [3.63, 3.8) is 0 Å². The number of anilines is 1. The molecular formula is C12H19N3O2S. The predicted octanol–water partition coefficient (Wildman–Crippen LogP) is 0.672. The van der Waals surface area contributed by atoms with Crippen molar-refractivity contribution in [1.82, 2.24) is 10.3 Å². The Balaban J connectivity index is 2.19. The van der Waals surface area contributed by atoms with Crippen molar-refractivity contribution >= 4 is 15.7 Å². The molecule has 0 amide bonds. The Kier molecular flexibility index (Phi) is 3.59. The van der Waals surface area contributed by atoms with E-state index in [0.29, 0.717) is 12.1 Å². The van der Waals surface area contributed by atoms with Gasteiger partial charge in [0.1, 0.15) is 5.82 Å². The second kappa shape index (κ2) is 4.85. The molecule has 5 nitrogen and oxygen atoms in total. The standard InChI is InChI=1S/C12H19N3O2S/c1-9-7-15(8-10(2)14-9)12-5-4-11(6-13-12)18(3,16)17/h4-6,9-10,14H,7-8H2,1-3H3/t9-,10+. The third kappa shape index (κ3) is 3.00. The van der Waals surface area contributed by atoms with Gasteiger partial charge in [0, 0.05) is 37.6 Å². The highest BCUT2D eigenvalue weighted by atomic mass is 32.2. The maximum Gasteiger partial charge on any atom is 0.177 e. The highest BCUT2D eigenvalue weighted by Gasteiger charge is 2.22. The van der Waals surface area contributed by atoms with Crippen molar-refractivity contribution in [2.24, 2.45) is 0 Å². The number of pyridine rings is 1. The minimum Gasteiger partial charge on any atom is -0.354 e. The van der Waals surface area contributed by atoms with Crippen LogP contribution < -0.4 is 10.2 Å². The van der Waals surface area contributed by atoms with Crippen molar-refractivity contribution in [2.75, 3.05) is 24.2 Å². The first-order chi connectivity index (χ1) is 8.36. The Morgan fingerprint density at radius 2 is 1.89 bits per heavy atom. The number of piperazine rings is 1. The number of nitrogens with zero attached hydrogens (tertiary/aromatic N) is 2. The monoisotopic (exact) mass is 269 g/mol. The van der Waals surface area contributed by atoms with E-state index >= 15 is 0 Å². The summed E-state index contributed by atoms with van der Waals surface area (Å²) in [5.41, 5.74) is 0. The number of sulfone groups is 1. The minimum absolute atomic E-state index is 0.266. The lowest BCUT2D eigenvalue weighted by molar-refractivity contribution is 0.405. The zero-order valence-electron chi connectivity index (χ0n) is 10.9. The van der Waals surface area contributed by atoms with E-state index in [1.54, 1.807) is 12.1 Å². The van der Waals surface area contributed by atoms with Crippen LogP contribution in [0, 0.1) is 0 Å². The summed E-state index contributed by atoms with van der Waals surface area (Å²) in [6.07, 6.45) is 2.63. The highest BCUT2D eigenvalue weighted by Crippen LogP contribution is 2.17. The van der Waals surface area contributed by atoms with Crippen LogP contribution in [0.5, 0.6) is 0 Å². The summed E-state index contributed by atoms with van der Waals surface area (Å²) in [7, 11) is -3.17. The first kappa shape index (κ1) is 13.3. The van der Waals surface area contributed by atoms with Crippen LogP contribution >= 0.6 is 0 Å². The topological polar surface area (TPSA) is 62.3 Å². The molecular weight excluding hydrogens is 250 g/mol. The van der Waals surface area contributed by atoms with Crippen LogP contribution in [0.2, 0.25) is 0 Å².